The molecule has 0 unspecified atom stereocenters. The maximum absolute atomic E-state index is 12.8. The number of hydrogen-bond acceptors (Lipinski definition) is 3. The molecule has 0 aliphatic carbocycles. The fraction of sp³-hybridized carbons (Fsp3) is 0.263. The summed E-state index contributed by atoms with van der Waals surface area (Å²) in [5.41, 5.74) is 3.46. The zero-order chi connectivity index (χ0) is 17.1. The normalized spacial score (nSPS) is 12.8. The quantitative estimate of drug-likeness (QED) is 0.940. The second-order valence-corrected chi connectivity index (χ2v) is 5.79. The number of benzene rings is 2. The maximum Gasteiger partial charge on any atom is 0.262 e. The predicted octanol–water partition coefficient (Wildman–Crippen LogP) is 2.99. The molecule has 1 N–H and O–H groups in total. The molecule has 124 valence electrons. The van der Waals surface area contributed by atoms with E-state index in [1.165, 1.54) is 5.56 Å². The van der Waals surface area contributed by atoms with Crippen LogP contribution in [0, 0.1) is 6.92 Å². The van der Waals surface area contributed by atoms with E-state index in [2.05, 4.69) is 5.32 Å². The standard InChI is InChI=1S/C19H20N2O3/c1-3-21(11-15-7-5-4-6-13(15)2)19(23)14-8-9-16-17(10-14)24-12-18(22)20-16/h4-10H,3,11-12H2,1-2H3,(H,20,22). The van der Waals surface area contributed by atoms with Crippen LogP contribution in [0.3, 0.4) is 0 Å². The van der Waals surface area contributed by atoms with E-state index in [0.717, 1.165) is 5.56 Å². The SMILES string of the molecule is CCN(Cc1ccccc1C)C(=O)c1ccc2c(c1)OCC(=O)N2. The minimum Gasteiger partial charge on any atom is -0.482 e. The van der Waals surface area contributed by atoms with Crippen molar-refractivity contribution in [1.82, 2.24) is 4.90 Å². The lowest BCUT2D eigenvalue weighted by molar-refractivity contribution is -0.118. The number of fused-ring (bicyclic) bond motifs is 1. The van der Waals surface area contributed by atoms with Gasteiger partial charge < -0.3 is 15.0 Å². The minimum absolute atomic E-state index is 0.0225. The number of nitrogens with one attached hydrogen (secondary N) is 1. The average Bonchev–Trinajstić information content (AvgIpc) is 2.60. The number of nitrogens with zero attached hydrogens (tertiary/aromatic N) is 1. The van der Waals surface area contributed by atoms with Gasteiger partial charge in [-0.1, -0.05) is 24.3 Å². The highest BCUT2D eigenvalue weighted by Gasteiger charge is 2.20. The summed E-state index contributed by atoms with van der Waals surface area (Å²) in [6.07, 6.45) is 0. The van der Waals surface area contributed by atoms with Gasteiger partial charge in [-0.15, -0.1) is 0 Å². The Morgan fingerprint density at radius 2 is 2.04 bits per heavy atom. The van der Waals surface area contributed by atoms with E-state index in [-0.39, 0.29) is 18.4 Å². The van der Waals surface area contributed by atoms with Gasteiger partial charge in [0.1, 0.15) is 5.75 Å². The number of carbonyl (C=O) groups is 2. The third-order valence-corrected chi connectivity index (χ3v) is 4.15. The van der Waals surface area contributed by atoms with Crippen molar-refractivity contribution in [3.05, 3.63) is 59.2 Å². The Morgan fingerprint density at radius 1 is 1.25 bits per heavy atom. The number of amides is 2. The molecular weight excluding hydrogens is 304 g/mol. The summed E-state index contributed by atoms with van der Waals surface area (Å²) in [4.78, 5) is 25.9. The van der Waals surface area contributed by atoms with Gasteiger partial charge in [0, 0.05) is 18.7 Å². The van der Waals surface area contributed by atoms with Crippen LogP contribution in [-0.4, -0.2) is 29.9 Å². The zero-order valence-corrected chi connectivity index (χ0v) is 13.8. The van der Waals surface area contributed by atoms with Crippen LogP contribution in [-0.2, 0) is 11.3 Å². The van der Waals surface area contributed by atoms with Crippen LogP contribution in [0.4, 0.5) is 5.69 Å². The summed E-state index contributed by atoms with van der Waals surface area (Å²) in [5, 5.41) is 2.73. The monoisotopic (exact) mass is 324 g/mol. The number of ether oxygens (including phenoxy) is 1. The maximum atomic E-state index is 12.8. The van der Waals surface area contributed by atoms with Crippen molar-refractivity contribution in [2.24, 2.45) is 0 Å². The van der Waals surface area contributed by atoms with E-state index in [1.54, 1.807) is 23.1 Å². The number of anilines is 1. The molecule has 0 fully saturated rings. The third kappa shape index (κ3) is 3.25. The van der Waals surface area contributed by atoms with Crippen LogP contribution in [0.2, 0.25) is 0 Å². The highest BCUT2D eigenvalue weighted by Crippen LogP contribution is 2.29. The van der Waals surface area contributed by atoms with Crippen molar-refractivity contribution >= 4 is 17.5 Å². The summed E-state index contributed by atoms with van der Waals surface area (Å²) in [6, 6.07) is 13.2. The van der Waals surface area contributed by atoms with Crippen molar-refractivity contribution in [2.45, 2.75) is 20.4 Å². The van der Waals surface area contributed by atoms with Gasteiger partial charge in [0.2, 0.25) is 0 Å². The number of aryl methyl sites for hydroxylation is 1. The Kier molecular flexibility index (Phi) is 4.51. The fourth-order valence-corrected chi connectivity index (χ4v) is 2.71. The van der Waals surface area contributed by atoms with Crippen LogP contribution in [0.25, 0.3) is 0 Å². The first-order valence-electron chi connectivity index (χ1n) is 7.99. The molecule has 0 aromatic heterocycles. The highest BCUT2D eigenvalue weighted by molar-refractivity contribution is 5.99. The second kappa shape index (κ2) is 6.74. The van der Waals surface area contributed by atoms with Gasteiger partial charge in [-0.3, -0.25) is 9.59 Å². The Hall–Kier alpha value is -2.82. The summed E-state index contributed by atoms with van der Waals surface area (Å²) < 4.78 is 5.39. The van der Waals surface area contributed by atoms with E-state index in [9.17, 15) is 9.59 Å². The van der Waals surface area contributed by atoms with Crippen molar-refractivity contribution in [1.29, 1.82) is 0 Å². The van der Waals surface area contributed by atoms with E-state index >= 15 is 0 Å². The smallest absolute Gasteiger partial charge is 0.262 e. The Labute approximate surface area is 141 Å². The molecule has 1 heterocycles. The van der Waals surface area contributed by atoms with Crippen molar-refractivity contribution in [3.8, 4) is 5.75 Å². The second-order valence-electron chi connectivity index (χ2n) is 5.79. The zero-order valence-electron chi connectivity index (χ0n) is 13.8. The highest BCUT2D eigenvalue weighted by atomic mass is 16.5. The molecule has 0 atom stereocenters. The van der Waals surface area contributed by atoms with Crippen LogP contribution in [0.5, 0.6) is 5.75 Å². The number of carbonyl (C=O) groups excluding carboxylic acids is 2. The van der Waals surface area contributed by atoms with Crippen LogP contribution < -0.4 is 10.1 Å². The van der Waals surface area contributed by atoms with Gasteiger partial charge in [-0.2, -0.15) is 0 Å². The van der Waals surface area contributed by atoms with Gasteiger partial charge in [0.05, 0.1) is 5.69 Å². The molecular formula is C19H20N2O3. The average molecular weight is 324 g/mol. The van der Waals surface area contributed by atoms with Crippen LogP contribution in [0.1, 0.15) is 28.4 Å². The Bertz CT molecular complexity index is 786. The molecule has 0 bridgehead atoms. The van der Waals surface area contributed by atoms with Gasteiger partial charge >= 0.3 is 0 Å². The first-order valence-corrected chi connectivity index (χ1v) is 7.99. The van der Waals surface area contributed by atoms with Gasteiger partial charge in [-0.05, 0) is 43.2 Å². The molecule has 3 rings (SSSR count). The first kappa shape index (κ1) is 16.1. The van der Waals surface area contributed by atoms with Gasteiger partial charge in [-0.25, -0.2) is 0 Å². The Balaban J connectivity index is 1.81. The van der Waals surface area contributed by atoms with Gasteiger partial charge in [0.15, 0.2) is 6.61 Å². The van der Waals surface area contributed by atoms with Crippen molar-refractivity contribution in [2.75, 3.05) is 18.5 Å². The minimum atomic E-state index is -0.184. The molecule has 5 heteroatoms. The number of rotatable bonds is 4. The lowest BCUT2D eigenvalue weighted by Crippen LogP contribution is -2.31. The van der Waals surface area contributed by atoms with E-state index in [4.69, 9.17) is 4.74 Å². The van der Waals surface area contributed by atoms with Crippen LogP contribution >= 0.6 is 0 Å². The largest absolute Gasteiger partial charge is 0.482 e. The molecule has 1 aliphatic heterocycles. The fourth-order valence-electron chi connectivity index (χ4n) is 2.71. The molecule has 1 aliphatic rings. The lowest BCUT2D eigenvalue weighted by atomic mass is 10.1. The molecule has 0 saturated carbocycles. The summed E-state index contributed by atoms with van der Waals surface area (Å²) in [6.45, 7) is 5.16. The van der Waals surface area contributed by atoms with E-state index in [0.29, 0.717) is 30.1 Å². The van der Waals surface area contributed by atoms with Crippen molar-refractivity contribution in [3.63, 3.8) is 0 Å². The molecule has 5 nitrogen and oxygen atoms in total. The topological polar surface area (TPSA) is 58.6 Å². The summed E-state index contributed by atoms with van der Waals surface area (Å²) >= 11 is 0. The number of hydrogen-bond donors (Lipinski definition) is 1. The van der Waals surface area contributed by atoms with Crippen LogP contribution in [0.15, 0.2) is 42.5 Å². The molecule has 0 radical (unpaired) electrons. The molecule has 2 amide bonds. The first-order chi connectivity index (χ1) is 11.6. The molecule has 2 aromatic carbocycles. The molecule has 2 aromatic rings. The third-order valence-electron chi connectivity index (χ3n) is 4.15. The lowest BCUT2D eigenvalue weighted by Gasteiger charge is -2.23. The molecule has 0 saturated heterocycles. The Morgan fingerprint density at radius 3 is 2.79 bits per heavy atom. The molecule has 0 spiro atoms. The predicted molar refractivity (Wildman–Crippen MR) is 92.2 cm³/mol. The van der Waals surface area contributed by atoms with E-state index < -0.39 is 0 Å². The molecule has 24 heavy (non-hydrogen) atoms. The van der Waals surface area contributed by atoms with Gasteiger partial charge in [0.25, 0.3) is 11.8 Å². The summed E-state index contributed by atoms with van der Waals surface area (Å²) in [7, 11) is 0. The van der Waals surface area contributed by atoms with E-state index in [1.807, 2.05) is 38.1 Å². The van der Waals surface area contributed by atoms with Crippen molar-refractivity contribution < 1.29 is 14.3 Å². The summed E-state index contributed by atoms with van der Waals surface area (Å²) in [5.74, 6) is 0.299.